The molecule has 3 heteroatoms. The number of carbonyl (C=O) groups excluding carboxylic acids is 1. The number of nitrogens with one attached hydrogen (secondary N) is 1. The van der Waals surface area contributed by atoms with E-state index in [-0.39, 0.29) is 5.97 Å². The zero-order valence-corrected chi connectivity index (χ0v) is 7.80. The highest BCUT2D eigenvalue weighted by molar-refractivity contribution is 5.69. The molecule has 1 saturated heterocycles. The fraction of sp³-hybridized carbons (Fsp3) is 0.889. The van der Waals surface area contributed by atoms with Gasteiger partial charge in [0.2, 0.25) is 0 Å². The first-order chi connectivity index (χ1) is 5.74. The molecule has 1 aliphatic rings. The van der Waals surface area contributed by atoms with Crippen molar-refractivity contribution in [2.75, 3.05) is 20.2 Å². The molecule has 0 aromatic rings. The fourth-order valence-corrected chi connectivity index (χ4v) is 1.68. The number of hydrogen-bond acceptors (Lipinski definition) is 3. The summed E-state index contributed by atoms with van der Waals surface area (Å²) in [5, 5.41) is 3.29. The largest absolute Gasteiger partial charge is 0.469 e. The average Bonchev–Trinajstić information content (AvgIpc) is 2.56. The van der Waals surface area contributed by atoms with Crippen molar-refractivity contribution in [1.29, 1.82) is 0 Å². The Bertz CT molecular complexity index is 153. The van der Waals surface area contributed by atoms with E-state index in [9.17, 15) is 4.79 Å². The lowest BCUT2D eigenvalue weighted by molar-refractivity contribution is -0.141. The Morgan fingerprint density at radius 1 is 1.75 bits per heavy atom. The number of rotatable bonds is 3. The third kappa shape index (κ3) is 2.48. The summed E-state index contributed by atoms with van der Waals surface area (Å²) < 4.78 is 4.62. The van der Waals surface area contributed by atoms with Gasteiger partial charge in [-0.25, -0.2) is 0 Å². The second-order valence-electron chi connectivity index (χ2n) is 3.51. The quantitative estimate of drug-likeness (QED) is 0.638. The maximum Gasteiger partial charge on any atom is 0.305 e. The summed E-state index contributed by atoms with van der Waals surface area (Å²) >= 11 is 0. The van der Waals surface area contributed by atoms with Gasteiger partial charge in [0.05, 0.1) is 7.11 Å². The summed E-state index contributed by atoms with van der Waals surface area (Å²) in [4.78, 5) is 10.9. The van der Waals surface area contributed by atoms with Crippen LogP contribution in [0.3, 0.4) is 0 Å². The zero-order valence-electron chi connectivity index (χ0n) is 7.80. The topological polar surface area (TPSA) is 38.3 Å². The number of hydrogen-bond donors (Lipinski definition) is 1. The van der Waals surface area contributed by atoms with Gasteiger partial charge in [-0.2, -0.15) is 0 Å². The number of methoxy groups -OCH3 is 1. The second-order valence-corrected chi connectivity index (χ2v) is 3.51. The van der Waals surface area contributed by atoms with Crippen molar-refractivity contribution in [2.24, 2.45) is 11.8 Å². The van der Waals surface area contributed by atoms with Crippen LogP contribution in [0.5, 0.6) is 0 Å². The van der Waals surface area contributed by atoms with E-state index in [1.165, 1.54) is 13.5 Å². The smallest absolute Gasteiger partial charge is 0.305 e. The van der Waals surface area contributed by atoms with E-state index in [0.717, 1.165) is 13.1 Å². The molecule has 3 nitrogen and oxygen atoms in total. The molecule has 1 rings (SSSR count). The summed E-state index contributed by atoms with van der Waals surface area (Å²) in [5.41, 5.74) is 0. The first kappa shape index (κ1) is 9.52. The van der Waals surface area contributed by atoms with E-state index in [4.69, 9.17) is 0 Å². The lowest BCUT2D eigenvalue weighted by Crippen LogP contribution is -2.18. The monoisotopic (exact) mass is 171 g/mol. The average molecular weight is 171 g/mol. The van der Waals surface area contributed by atoms with E-state index in [1.807, 2.05) is 0 Å². The van der Waals surface area contributed by atoms with Crippen molar-refractivity contribution in [3.05, 3.63) is 0 Å². The standard InChI is InChI=1S/C9H17NO2/c1-7(5-9(11)12-2)8-3-4-10-6-8/h7-8,10H,3-6H2,1-2H3. The van der Waals surface area contributed by atoms with Crippen LogP contribution < -0.4 is 5.32 Å². The molecule has 2 atom stereocenters. The van der Waals surface area contributed by atoms with Crippen molar-refractivity contribution in [1.82, 2.24) is 5.32 Å². The van der Waals surface area contributed by atoms with Crippen molar-refractivity contribution in [3.8, 4) is 0 Å². The number of carbonyl (C=O) groups is 1. The number of esters is 1. The maximum atomic E-state index is 10.9. The van der Waals surface area contributed by atoms with E-state index in [1.54, 1.807) is 0 Å². The van der Waals surface area contributed by atoms with Gasteiger partial charge in [-0.1, -0.05) is 6.92 Å². The molecule has 12 heavy (non-hydrogen) atoms. The molecule has 0 aromatic heterocycles. The molecule has 0 bridgehead atoms. The summed E-state index contributed by atoms with van der Waals surface area (Å²) in [6.07, 6.45) is 1.75. The molecule has 1 fully saturated rings. The first-order valence-electron chi connectivity index (χ1n) is 4.51. The van der Waals surface area contributed by atoms with Crippen LogP contribution >= 0.6 is 0 Å². The van der Waals surface area contributed by atoms with Crippen LogP contribution in [0.15, 0.2) is 0 Å². The maximum absolute atomic E-state index is 10.9. The van der Waals surface area contributed by atoms with Gasteiger partial charge in [0, 0.05) is 6.42 Å². The van der Waals surface area contributed by atoms with Crippen LogP contribution in [-0.2, 0) is 9.53 Å². The lowest BCUT2D eigenvalue weighted by atomic mass is 9.91. The SMILES string of the molecule is COC(=O)CC(C)C1CCNC1. The van der Waals surface area contributed by atoms with Crippen LogP contribution in [0, 0.1) is 11.8 Å². The van der Waals surface area contributed by atoms with Crippen molar-refractivity contribution in [3.63, 3.8) is 0 Å². The molecule has 1 heterocycles. The van der Waals surface area contributed by atoms with Crippen LogP contribution in [-0.4, -0.2) is 26.2 Å². The molecular weight excluding hydrogens is 154 g/mol. The van der Waals surface area contributed by atoms with Crippen LogP contribution in [0.25, 0.3) is 0 Å². The van der Waals surface area contributed by atoms with E-state index in [0.29, 0.717) is 18.3 Å². The van der Waals surface area contributed by atoms with Gasteiger partial charge < -0.3 is 10.1 Å². The minimum absolute atomic E-state index is 0.0885. The Morgan fingerprint density at radius 2 is 2.50 bits per heavy atom. The van der Waals surface area contributed by atoms with Crippen molar-refractivity contribution in [2.45, 2.75) is 19.8 Å². The zero-order chi connectivity index (χ0) is 8.97. The molecule has 0 amide bonds. The highest BCUT2D eigenvalue weighted by atomic mass is 16.5. The van der Waals surface area contributed by atoms with Crippen molar-refractivity contribution >= 4 is 5.97 Å². The summed E-state index contributed by atoms with van der Waals surface area (Å²) in [5.74, 6) is 1.02. The highest BCUT2D eigenvalue weighted by Gasteiger charge is 2.23. The Kier molecular flexibility index (Phi) is 3.53. The summed E-state index contributed by atoms with van der Waals surface area (Å²) in [6, 6.07) is 0. The predicted octanol–water partition coefficient (Wildman–Crippen LogP) is 0.795. The van der Waals surface area contributed by atoms with E-state index < -0.39 is 0 Å². The van der Waals surface area contributed by atoms with Crippen LogP contribution in [0.1, 0.15) is 19.8 Å². The molecule has 2 unspecified atom stereocenters. The summed E-state index contributed by atoms with van der Waals surface area (Å²) in [6.45, 7) is 4.27. The van der Waals surface area contributed by atoms with E-state index in [2.05, 4.69) is 17.0 Å². The minimum Gasteiger partial charge on any atom is -0.469 e. The minimum atomic E-state index is -0.0885. The third-order valence-corrected chi connectivity index (χ3v) is 2.62. The molecule has 1 N–H and O–H groups in total. The van der Waals surface area contributed by atoms with Gasteiger partial charge in [-0.3, -0.25) is 4.79 Å². The van der Waals surface area contributed by atoms with Gasteiger partial charge in [0.15, 0.2) is 0 Å². The van der Waals surface area contributed by atoms with Crippen LogP contribution in [0.2, 0.25) is 0 Å². The molecule has 1 aliphatic heterocycles. The van der Waals surface area contributed by atoms with Gasteiger partial charge in [0.25, 0.3) is 0 Å². The third-order valence-electron chi connectivity index (χ3n) is 2.62. The van der Waals surface area contributed by atoms with Gasteiger partial charge in [-0.15, -0.1) is 0 Å². The molecule has 0 saturated carbocycles. The Labute approximate surface area is 73.5 Å². The second kappa shape index (κ2) is 4.45. The van der Waals surface area contributed by atoms with Gasteiger partial charge in [0.1, 0.15) is 0 Å². The Balaban J connectivity index is 2.26. The molecule has 0 radical (unpaired) electrons. The molecular formula is C9H17NO2. The van der Waals surface area contributed by atoms with Gasteiger partial charge >= 0.3 is 5.97 Å². The fourth-order valence-electron chi connectivity index (χ4n) is 1.68. The summed E-state index contributed by atoms with van der Waals surface area (Å²) in [7, 11) is 1.45. The normalized spacial score (nSPS) is 25.3. The Hall–Kier alpha value is -0.570. The molecule has 70 valence electrons. The van der Waals surface area contributed by atoms with E-state index >= 15 is 0 Å². The molecule has 0 aromatic carbocycles. The Morgan fingerprint density at radius 3 is 3.00 bits per heavy atom. The predicted molar refractivity (Wildman–Crippen MR) is 46.8 cm³/mol. The van der Waals surface area contributed by atoms with Crippen LogP contribution in [0.4, 0.5) is 0 Å². The lowest BCUT2D eigenvalue weighted by Gasteiger charge is -2.16. The highest BCUT2D eigenvalue weighted by Crippen LogP contribution is 2.21. The molecule has 0 aliphatic carbocycles. The van der Waals surface area contributed by atoms with Gasteiger partial charge in [-0.05, 0) is 31.3 Å². The van der Waals surface area contributed by atoms with Crippen molar-refractivity contribution < 1.29 is 9.53 Å². The first-order valence-corrected chi connectivity index (χ1v) is 4.51. The number of ether oxygens (including phenoxy) is 1. The molecule has 0 spiro atoms.